The van der Waals surface area contributed by atoms with Crippen LogP contribution in [0.25, 0.3) is 11.1 Å². The molecule has 3 heteroatoms. The van der Waals surface area contributed by atoms with E-state index in [1.54, 1.807) is 30.3 Å². The van der Waals surface area contributed by atoms with E-state index in [1.165, 1.54) is 6.07 Å². The first-order chi connectivity index (χ1) is 9.10. The van der Waals surface area contributed by atoms with Crippen LogP contribution in [0.1, 0.15) is 19.4 Å². The molecule has 0 heterocycles. The van der Waals surface area contributed by atoms with Crippen molar-refractivity contribution >= 4 is 0 Å². The highest BCUT2D eigenvalue weighted by Crippen LogP contribution is 2.26. The van der Waals surface area contributed by atoms with E-state index in [0.717, 1.165) is 11.1 Å². The summed E-state index contributed by atoms with van der Waals surface area (Å²) in [5.41, 5.74) is 2.22. The number of nitriles is 1. The first-order valence-corrected chi connectivity index (χ1v) is 6.07. The first kappa shape index (κ1) is 13.1. The van der Waals surface area contributed by atoms with Crippen LogP contribution >= 0.6 is 0 Å². The molecule has 0 fully saturated rings. The van der Waals surface area contributed by atoms with E-state index in [0.29, 0.717) is 5.56 Å². The minimum absolute atomic E-state index is 0.0599. The summed E-state index contributed by atoms with van der Waals surface area (Å²) in [6, 6.07) is 14.0. The van der Waals surface area contributed by atoms with Crippen LogP contribution < -0.4 is 4.74 Å². The maximum absolute atomic E-state index is 13.9. The van der Waals surface area contributed by atoms with Crippen LogP contribution in [0.2, 0.25) is 0 Å². The Morgan fingerprint density at radius 1 is 1.05 bits per heavy atom. The van der Waals surface area contributed by atoms with Crippen LogP contribution in [-0.2, 0) is 0 Å². The summed E-state index contributed by atoms with van der Waals surface area (Å²) in [6.45, 7) is 3.71. The zero-order valence-electron chi connectivity index (χ0n) is 10.9. The molecule has 19 heavy (non-hydrogen) atoms. The third-order valence-corrected chi connectivity index (χ3v) is 2.64. The van der Waals surface area contributed by atoms with Gasteiger partial charge in [-0.05, 0) is 49.2 Å². The smallest absolute Gasteiger partial charge is 0.165 e. The molecule has 0 aliphatic carbocycles. The molecule has 0 spiro atoms. The highest BCUT2D eigenvalue weighted by molar-refractivity contribution is 5.65. The van der Waals surface area contributed by atoms with Gasteiger partial charge in [-0.2, -0.15) is 5.26 Å². The number of nitrogens with zero attached hydrogens (tertiary/aromatic N) is 1. The van der Waals surface area contributed by atoms with Crippen LogP contribution in [0.15, 0.2) is 42.5 Å². The van der Waals surface area contributed by atoms with Gasteiger partial charge in [-0.15, -0.1) is 0 Å². The van der Waals surface area contributed by atoms with Crippen LogP contribution in [-0.4, -0.2) is 6.10 Å². The summed E-state index contributed by atoms with van der Waals surface area (Å²) in [6.07, 6.45) is -0.0599. The Bertz CT molecular complexity index is 612. The predicted molar refractivity (Wildman–Crippen MR) is 72.3 cm³/mol. The van der Waals surface area contributed by atoms with E-state index in [9.17, 15) is 4.39 Å². The van der Waals surface area contributed by atoms with Gasteiger partial charge in [0, 0.05) is 0 Å². The fourth-order valence-corrected chi connectivity index (χ4v) is 1.77. The van der Waals surface area contributed by atoms with Crippen molar-refractivity contribution in [2.24, 2.45) is 0 Å². The lowest BCUT2D eigenvalue weighted by Crippen LogP contribution is -2.06. The standard InChI is InChI=1S/C16H14FNO/c1-11(2)19-16-8-7-14(9-15(16)17)13-5-3-12(10-18)4-6-13/h3-9,11H,1-2H3. The third kappa shape index (κ3) is 3.11. The van der Waals surface area contributed by atoms with Gasteiger partial charge in [-0.1, -0.05) is 18.2 Å². The van der Waals surface area contributed by atoms with Gasteiger partial charge in [-0.3, -0.25) is 0 Å². The van der Waals surface area contributed by atoms with Crippen molar-refractivity contribution in [3.05, 3.63) is 53.8 Å². The maximum atomic E-state index is 13.9. The molecule has 0 aliphatic heterocycles. The van der Waals surface area contributed by atoms with E-state index < -0.39 is 0 Å². The van der Waals surface area contributed by atoms with Gasteiger partial charge in [0.05, 0.1) is 17.7 Å². The normalized spacial score (nSPS) is 10.3. The average molecular weight is 255 g/mol. The van der Waals surface area contributed by atoms with Crippen molar-refractivity contribution in [2.45, 2.75) is 20.0 Å². The molecule has 2 aromatic rings. The molecule has 0 atom stereocenters. The number of rotatable bonds is 3. The number of benzene rings is 2. The van der Waals surface area contributed by atoms with E-state index >= 15 is 0 Å². The number of hydrogen-bond acceptors (Lipinski definition) is 2. The summed E-state index contributed by atoms with van der Waals surface area (Å²) >= 11 is 0. The van der Waals surface area contributed by atoms with E-state index in [1.807, 2.05) is 19.9 Å². The SMILES string of the molecule is CC(C)Oc1ccc(-c2ccc(C#N)cc2)cc1F. The minimum Gasteiger partial charge on any atom is -0.488 e. The number of ether oxygens (including phenoxy) is 1. The van der Waals surface area contributed by atoms with Crippen molar-refractivity contribution in [1.82, 2.24) is 0 Å². The second kappa shape index (κ2) is 5.53. The molecule has 0 amide bonds. The summed E-state index contributed by atoms with van der Waals surface area (Å²) < 4.78 is 19.2. The first-order valence-electron chi connectivity index (χ1n) is 6.07. The fraction of sp³-hybridized carbons (Fsp3) is 0.188. The Kier molecular flexibility index (Phi) is 3.82. The molecule has 0 saturated heterocycles. The van der Waals surface area contributed by atoms with E-state index in [2.05, 4.69) is 6.07 Å². The average Bonchev–Trinajstić information content (AvgIpc) is 2.41. The second-order valence-corrected chi connectivity index (χ2v) is 4.50. The highest BCUT2D eigenvalue weighted by Gasteiger charge is 2.07. The molecule has 0 bridgehead atoms. The largest absolute Gasteiger partial charge is 0.488 e. The summed E-state index contributed by atoms with van der Waals surface area (Å²) in [4.78, 5) is 0. The van der Waals surface area contributed by atoms with E-state index in [4.69, 9.17) is 10.00 Å². The summed E-state index contributed by atoms with van der Waals surface area (Å²) in [5.74, 6) is -0.122. The monoisotopic (exact) mass is 255 g/mol. The molecule has 0 aliphatic rings. The second-order valence-electron chi connectivity index (χ2n) is 4.50. The molecular formula is C16H14FNO. The van der Waals surface area contributed by atoms with Crippen molar-refractivity contribution in [3.63, 3.8) is 0 Å². The van der Waals surface area contributed by atoms with Crippen molar-refractivity contribution in [1.29, 1.82) is 5.26 Å². The quantitative estimate of drug-likeness (QED) is 0.825. The topological polar surface area (TPSA) is 33.0 Å². The van der Waals surface area contributed by atoms with Crippen LogP contribution in [0, 0.1) is 17.1 Å². The number of hydrogen-bond donors (Lipinski definition) is 0. The van der Waals surface area contributed by atoms with Gasteiger partial charge in [0.1, 0.15) is 0 Å². The molecule has 0 N–H and O–H groups in total. The van der Waals surface area contributed by atoms with Gasteiger partial charge in [-0.25, -0.2) is 4.39 Å². The summed E-state index contributed by atoms with van der Waals surface area (Å²) in [5, 5.41) is 8.74. The van der Waals surface area contributed by atoms with Crippen molar-refractivity contribution in [2.75, 3.05) is 0 Å². The van der Waals surface area contributed by atoms with Gasteiger partial charge >= 0.3 is 0 Å². The Morgan fingerprint density at radius 3 is 2.21 bits per heavy atom. The minimum atomic E-state index is -0.379. The predicted octanol–water partition coefficient (Wildman–Crippen LogP) is 4.15. The molecule has 0 radical (unpaired) electrons. The lowest BCUT2D eigenvalue weighted by Gasteiger charge is -2.11. The molecular weight excluding hydrogens is 241 g/mol. The zero-order chi connectivity index (χ0) is 13.8. The molecule has 2 rings (SSSR count). The zero-order valence-corrected chi connectivity index (χ0v) is 10.9. The highest BCUT2D eigenvalue weighted by atomic mass is 19.1. The molecule has 96 valence electrons. The van der Waals surface area contributed by atoms with Gasteiger partial charge in [0.15, 0.2) is 11.6 Å². The maximum Gasteiger partial charge on any atom is 0.165 e. The Labute approximate surface area is 112 Å². The van der Waals surface area contributed by atoms with Crippen LogP contribution in [0.5, 0.6) is 5.75 Å². The Balaban J connectivity index is 2.30. The lowest BCUT2D eigenvalue weighted by molar-refractivity contribution is 0.231. The fourth-order valence-electron chi connectivity index (χ4n) is 1.77. The van der Waals surface area contributed by atoms with Crippen molar-refractivity contribution < 1.29 is 9.13 Å². The molecule has 0 unspecified atom stereocenters. The van der Waals surface area contributed by atoms with Crippen LogP contribution in [0.3, 0.4) is 0 Å². The molecule has 2 nitrogen and oxygen atoms in total. The van der Waals surface area contributed by atoms with E-state index in [-0.39, 0.29) is 17.7 Å². The van der Waals surface area contributed by atoms with Gasteiger partial charge in [0.2, 0.25) is 0 Å². The number of halogens is 1. The van der Waals surface area contributed by atoms with Gasteiger partial charge < -0.3 is 4.74 Å². The molecule has 0 aromatic heterocycles. The summed E-state index contributed by atoms with van der Waals surface area (Å²) in [7, 11) is 0. The third-order valence-electron chi connectivity index (χ3n) is 2.64. The Hall–Kier alpha value is -2.34. The van der Waals surface area contributed by atoms with Crippen LogP contribution in [0.4, 0.5) is 4.39 Å². The van der Waals surface area contributed by atoms with Gasteiger partial charge in [0.25, 0.3) is 0 Å². The Morgan fingerprint density at radius 2 is 1.68 bits per heavy atom. The lowest BCUT2D eigenvalue weighted by atomic mass is 10.0. The molecule has 0 saturated carbocycles. The molecule has 2 aromatic carbocycles. The van der Waals surface area contributed by atoms with Crippen molar-refractivity contribution in [3.8, 4) is 22.9 Å².